The van der Waals surface area contributed by atoms with Crippen molar-refractivity contribution in [2.75, 3.05) is 0 Å². The summed E-state index contributed by atoms with van der Waals surface area (Å²) in [7, 11) is -3.77. The molecule has 0 aliphatic rings. The van der Waals surface area contributed by atoms with Crippen LogP contribution < -0.4 is 0 Å². The summed E-state index contributed by atoms with van der Waals surface area (Å²) in [5.74, 6) is -0.462. The van der Waals surface area contributed by atoms with Gasteiger partial charge in [0.25, 0.3) is 10.0 Å². The number of halogens is 1. The minimum absolute atomic E-state index is 0.0543. The van der Waals surface area contributed by atoms with Gasteiger partial charge in [-0.25, -0.2) is 21.8 Å². The van der Waals surface area contributed by atoms with Gasteiger partial charge in [0, 0.05) is 18.5 Å². The third-order valence-corrected chi connectivity index (χ3v) is 4.31. The summed E-state index contributed by atoms with van der Waals surface area (Å²) in [5, 5.41) is 0. The lowest BCUT2D eigenvalue weighted by molar-refractivity contribution is 0.588. The average molecular weight is 277 g/mol. The molecule has 0 bridgehead atoms. The van der Waals surface area contributed by atoms with Gasteiger partial charge in [-0.1, -0.05) is 0 Å². The van der Waals surface area contributed by atoms with Crippen LogP contribution in [0.25, 0.3) is 11.0 Å². The Hall–Kier alpha value is -2.28. The molecule has 0 atom stereocenters. The number of fused-ring (bicyclic) bond motifs is 1. The smallest absolute Gasteiger partial charge is 0.263 e. The molecule has 0 spiro atoms. The van der Waals surface area contributed by atoms with E-state index in [2.05, 4.69) is 9.97 Å². The van der Waals surface area contributed by atoms with E-state index in [1.54, 1.807) is 0 Å². The van der Waals surface area contributed by atoms with Gasteiger partial charge in [0.05, 0.1) is 11.0 Å². The molecule has 96 valence electrons. The van der Waals surface area contributed by atoms with Crippen LogP contribution in [0, 0.1) is 5.82 Å². The molecule has 19 heavy (non-hydrogen) atoms. The van der Waals surface area contributed by atoms with Gasteiger partial charge in [0.15, 0.2) is 0 Å². The van der Waals surface area contributed by atoms with Gasteiger partial charge in [-0.3, -0.25) is 4.98 Å². The van der Waals surface area contributed by atoms with E-state index in [1.807, 2.05) is 0 Å². The number of hydrogen-bond donors (Lipinski definition) is 0. The van der Waals surface area contributed by atoms with E-state index in [0.717, 1.165) is 10.3 Å². The Morgan fingerprint density at radius 3 is 2.79 bits per heavy atom. The van der Waals surface area contributed by atoms with E-state index >= 15 is 0 Å². The Morgan fingerprint density at radius 1 is 1.21 bits per heavy atom. The van der Waals surface area contributed by atoms with Crippen molar-refractivity contribution in [1.82, 2.24) is 13.9 Å². The van der Waals surface area contributed by atoms with Gasteiger partial charge in [0.2, 0.25) is 0 Å². The molecule has 3 rings (SSSR count). The molecule has 0 unspecified atom stereocenters. The highest BCUT2D eigenvalue weighted by atomic mass is 32.2. The van der Waals surface area contributed by atoms with Crippen LogP contribution in [0.4, 0.5) is 4.39 Å². The minimum atomic E-state index is -3.77. The first-order valence-electron chi connectivity index (χ1n) is 5.37. The Balaban J connectivity index is 2.25. The fourth-order valence-corrected chi connectivity index (χ4v) is 3.02. The molecule has 0 saturated carbocycles. The zero-order valence-corrected chi connectivity index (χ0v) is 10.4. The highest BCUT2D eigenvalue weighted by molar-refractivity contribution is 7.90. The zero-order chi connectivity index (χ0) is 13.5. The summed E-state index contributed by atoms with van der Waals surface area (Å²) in [5.41, 5.74) is 0.609. The molecule has 0 N–H and O–H groups in total. The number of hydrogen-bond acceptors (Lipinski definition) is 4. The first-order chi connectivity index (χ1) is 9.09. The van der Waals surface area contributed by atoms with Gasteiger partial charge < -0.3 is 0 Å². The molecule has 1 aromatic carbocycles. The maximum atomic E-state index is 13.1. The molecule has 2 heterocycles. The molecule has 0 amide bonds. The lowest BCUT2D eigenvalue weighted by Crippen LogP contribution is -2.11. The lowest BCUT2D eigenvalue weighted by atomic mass is 10.3. The fourth-order valence-electron chi connectivity index (χ4n) is 1.77. The Kier molecular flexibility index (Phi) is 2.56. The topological polar surface area (TPSA) is 64.8 Å². The Morgan fingerprint density at radius 2 is 2.05 bits per heavy atom. The normalized spacial score (nSPS) is 11.8. The molecule has 0 aliphatic heterocycles. The third kappa shape index (κ3) is 1.88. The largest absolute Gasteiger partial charge is 0.271 e. The van der Waals surface area contributed by atoms with Gasteiger partial charge in [-0.2, -0.15) is 0 Å². The molecule has 3 aromatic rings. The SMILES string of the molecule is O=S(=O)(c1cccnc1)n1cnc2cc(F)ccc21. The van der Waals surface area contributed by atoms with Gasteiger partial charge >= 0.3 is 0 Å². The van der Waals surface area contributed by atoms with Crippen LogP contribution in [0.5, 0.6) is 0 Å². The maximum absolute atomic E-state index is 13.1. The number of aromatic nitrogens is 3. The van der Waals surface area contributed by atoms with Gasteiger partial charge in [-0.15, -0.1) is 0 Å². The van der Waals surface area contributed by atoms with Crippen molar-refractivity contribution in [3.63, 3.8) is 0 Å². The summed E-state index contributed by atoms with van der Waals surface area (Å²) >= 11 is 0. The zero-order valence-electron chi connectivity index (χ0n) is 9.56. The number of pyridine rings is 1. The Labute approximate surface area is 108 Å². The third-order valence-electron chi connectivity index (χ3n) is 2.67. The highest BCUT2D eigenvalue weighted by Gasteiger charge is 2.19. The number of nitrogens with zero attached hydrogens (tertiary/aromatic N) is 3. The van der Waals surface area contributed by atoms with E-state index in [9.17, 15) is 12.8 Å². The predicted molar refractivity (Wildman–Crippen MR) is 66.5 cm³/mol. The van der Waals surface area contributed by atoms with E-state index < -0.39 is 15.8 Å². The monoisotopic (exact) mass is 277 g/mol. The molecule has 7 heteroatoms. The minimum Gasteiger partial charge on any atom is -0.263 e. The molecular weight excluding hydrogens is 269 g/mol. The van der Waals surface area contributed by atoms with Crippen molar-refractivity contribution in [3.8, 4) is 0 Å². The quantitative estimate of drug-likeness (QED) is 0.716. The highest BCUT2D eigenvalue weighted by Crippen LogP contribution is 2.20. The summed E-state index contributed by atoms with van der Waals surface area (Å²) < 4.78 is 38.8. The molecule has 2 aromatic heterocycles. The summed E-state index contributed by atoms with van der Waals surface area (Å²) in [6, 6.07) is 6.73. The van der Waals surface area contributed by atoms with E-state index in [-0.39, 0.29) is 10.4 Å². The van der Waals surface area contributed by atoms with Crippen molar-refractivity contribution in [2.24, 2.45) is 0 Å². The first-order valence-corrected chi connectivity index (χ1v) is 6.81. The van der Waals surface area contributed by atoms with Crippen LogP contribution in [0.1, 0.15) is 0 Å². The molecule has 0 radical (unpaired) electrons. The van der Waals surface area contributed by atoms with Gasteiger partial charge in [-0.05, 0) is 24.3 Å². The summed E-state index contributed by atoms with van der Waals surface area (Å²) in [6.45, 7) is 0. The van der Waals surface area contributed by atoms with Crippen LogP contribution >= 0.6 is 0 Å². The second-order valence-corrected chi connectivity index (χ2v) is 5.68. The van der Waals surface area contributed by atoms with Crippen LogP contribution in [-0.4, -0.2) is 22.4 Å². The van der Waals surface area contributed by atoms with Crippen LogP contribution in [0.15, 0.2) is 53.9 Å². The van der Waals surface area contributed by atoms with E-state index in [4.69, 9.17) is 0 Å². The average Bonchev–Trinajstić information content (AvgIpc) is 2.83. The molecule has 0 aliphatic carbocycles. The number of benzene rings is 1. The number of imidazole rings is 1. The van der Waals surface area contributed by atoms with Crippen molar-refractivity contribution >= 4 is 21.1 Å². The van der Waals surface area contributed by atoms with Crippen molar-refractivity contribution in [1.29, 1.82) is 0 Å². The molecular formula is C12H8FN3O2S. The van der Waals surface area contributed by atoms with Crippen molar-refractivity contribution in [2.45, 2.75) is 4.90 Å². The lowest BCUT2D eigenvalue weighted by Gasteiger charge is -2.05. The standard InChI is InChI=1S/C12H8FN3O2S/c13-9-3-4-12-11(6-9)15-8-16(12)19(17,18)10-2-1-5-14-7-10/h1-8H. The van der Waals surface area contributed by atoms with Crippen LogP contribution in [-0.2, 0) is 10.0 Å². The molecule has 5 nitrogen and oxygen atoms in total. The number of rotatable bonds is 2. The second-order valence-electron chi connectivity index (χ2n) is 3.87. The van der Waals surface area contributed by atoms with Crippen LogP contribution in [0.3, 0.4) is 0 Å². The van der Waals surface area contributed by atoms with Crippen LogP contribution in [0.2, 0.25) is 0 Å². The predicted octanol–water partition coefficient (Wildman–Crippen LogP) is 1.81. The molecule has 0 fully saturated rings. The first kappa shape index (κ1) is 11.8. The van der Waals surface area contributed by atoms with Gasteiger partial charge in [0.1, 0.15) is 17.0 Å². The van der Waals surface area contributed by atoms with E-state index in [0.29, 0.717) is 5.52 Å². The maximum Gasteiger partial charge on any atom is 0.271 e. The van der Waals surface area contributed by atoms with E-state index in [1.165, 1.54) is 42.7 Å². The fraction of sp³-hybridized carbons (Fsp3) is 0. The summed E-state index contributed by atoms with van der Waals surface area (Å²) in [4.78, 5) is 7.73. The van der Waals surface area contributed by atoms with Crippen molar-refractivity contribution < 1.29 is 12.8 Å². The summed E-state index contributed by atoms with van der Waals surface area (Å²) in [6.07, 6.45) is 3.90. The molecule has 0 saturated heterocycles. The second kappa shape index (κ2) is 4.13. The van der Waals surface area contributed by atoms with Crippen molar-refractivity contribution in [3.05, 3.63) is 54.9 Å². The Bertz CT molecular complexity index is 844.